The quantitative estimate of drug-likeness (QED) is 0.857. The van der Waals surface area contributed by atoms with E-state index in [0.29, 0.717) is 11.5 Å². The average molecular weight is 342 g/mol. The molecule has 0 spiro atoms. The molecule has 0 bridgehead atoms. The molecular formula is C17H22N6O2. The number of hydrogen-bond donors (Lipinski definition) is 2. The number of carbonyl (C=O) groups is 2. The highest BCUT2D eigenvalue weighted by Crippen LogP contribution is 2.28. The molecule has 1 fully saturated rings. The van der Waals surface area contributed by atoms with Crippen LogP contribution in [-0.4, -0.2) is 38.1 Å². The third-order valence-corrected chi connectivity index (χ3v) is 4.52. The first-order valence-corrected chi connectivity index (χ1v) is 8.45. The molecule has 3 rings (SSSR count). The molecule has 1 saturated carbocycles. The van der Waals surface area contributed by atoms with Crippen molar-refractivity contribution in [2.75, 3.05) is 5.32 Å². The Kier molecular flexibility index (Phi) is 5.06. The van der Waals surface area contributed by atoms with Crippen molar-refractivity contribution in [3.8, 4) is 11.4 Å². The smallest absolute Gasteiger partial charge is 0.247 e. The van der Waals surface area contributed by atoms with Crippen LogP contribution in [0.5, 0.6) is 0 Å². The summed E-state index contributed by atoms with van der Waals surface area (Å²) in [5.41, 5.74) is 1.46. The summed E-state index contributed by atoms with van der Waals surface area (Å²) in [4.78, 5) is 24.2. The second-order valence-electron chi connectivity index (χ2n) is 6.42. The van der Waals surface area contributed by atoms with Crippen LogP contribution in [0.15, 0.2) is 24.3 Å². The molecule has 0 saturated heterocycles. The molecule has 8 heteroatoms. The summed E-state index contributed by atoms with van der Waals surface area (Å²) in [6, 6.07) is 6.85. The molecular weight excluding hydrogens is 320 g/mol. The van der Waals surface area contributed by atoms with Gasteiger partial charge in [-0.3, -0.25) is 9.59 Å². The van der Waals surface area contributed by atoms with E-state index in [0.717, 1.165) is 31.2 Å². The Morgan fingerprint density at radius 1 is 1.28 bits per heavy atom. The lowest BCUT2D eigenvalue weighted by molar-refractivity contribution is -0.126. The highest BCUT2D eigenvalue weighted by atomic mass is 16.2. The van der Waals surface area contributed by atoms with Crippen LogP contribution in [0.2, 0.25) is 0 Å². The molecule has 2 amide bonds. The molecule has 25 heavy (non-hydrogen) atoms. The molecule has 2 N–H and O–H groups in total. The van der Waals surface area contributed by atoms with Gasteiger partial charge in [-0.25, -0.2) is 4.68 Å². The Labute approximate surface area is 146 Å². The molecule has 1 aromatic heterocycles. The Morgan fingerprint density at radius 3 is 2.68 bits per heavy atom. The molecule has 1 atom stereocenters. The summed E-state index contributed by atoms with van der Waals surface area (Å²) < 4.78 is 1.57. The van der Waals surface area contributed by atoms with Gasteiger partial charge >= 0.3 is 0 Å². The molecule has 2 aromatic rings. The Bertz CT molecular complexity index is 766. The van der Waals surface area contributed by atoms with Crippen LogP contribution in [0.3, 0.4) is 0 Å². The summed E-state index contributed by atoms with van der Waals surface area (Å²) in [6.45, 7) is 1.44. The highest BCUT2D eigenvalue weighted by Gasteiger charge is 2.31. The summed E-state index contributed by atoms with van der Waals surface area (Å²) in [7, 11) is 1.76. The van der Waals surface area contributed by atoms with Gasteiger partial charge in [0.25, 0.3) is 0 Å². The maximum absolute atomic E-state index is 12.7. The number of nitrogens with one attached hydrogen (secondary N) is 2. The number of aromatic nitrogens is 4. The monoisotopic (exact) mass is 342 g/mol. The van der Waals surface area contributed by atoms with Gasteiger partial charge < -0.3 is 10.6 Å². The van der Waals surface area contributed by atoms with Gasteiger partial charge in [-0.1, -0.05) is 25.0 Å². The molecule has 0 aliphatic heterocycles. The molecule has 1 aliphatic rings. The largest absolute Gasteiger partial charge is 0.344 e. The average Bonchev–Trinajstić information content (AvgIpc) is 3.24. The Hall–Kier alpha value is -2.77. The van der Waals surface area contributed by atoms with E-state index in [9.17, 15) is 9.59 Å². The van der Waals surface area contributed by atoms with E-state index in [-0.39, 0.29) is 17.7 Å². The van der Waals surface area contributed by atoms with E-state index in [1.165, 1.54) is 6.92 Å². The van der Waals surface area contributed by atoms with Crippen LogP contribution in [-0.2, 0) is 16.6 Å². The summed E-state index contributed by atoms with van der Waals surface area (Å²) >= 11 is 0. The van der Waals surface area contributed by atoms with Crippen molar-refractivity contribution >= 4 is 17.5 Å². The number of tetrazole rings is 1. The highest BCUT2D eigenvalue weighted by molar-refractivity contribution is 5.97. The number of hydrogen-bond acceptors (Lipinski definition) is 5. The van der Waals surface area contributed by atoms with E-state index in [4.69, 9.17) is 0 Å². The lowest BCUT2D eigenvalue weighted by atomic mass is 9.97. The fourth-order valence-electron chi connectivity index (χ4n) is 3.34. The number of carbonyl (C=O) groups excluding carboxylic acids is 2. The Balaban J connectivity index is 1.77. The topological polar surface area (TPSA) is 102 Å². The minimum atomic E-state index is -0.500. The summed E-state index contributed by atoms with van der Waals surface area (Å²) in [5, 5.41) is 17.1. The third-order valence-electron chi connectivity index (χ3n) is 4.52. The van der Waals surface area contributed by atoms with Crippen LogP contribution in [0, 0.1) is 5.92 Å². The molecule has 1 aliphatic carbocycles. The maximum Gasteiger partial charge on any atom is 0.247 e. The number of nitrogens with zero attached hydrogens (tertiary/aromatic N) is 4. The fourth-order valence-corrected chi connectivity index (χ4v) is 3.34. The molecule has 1 aromatic carbocycles. The van der Waals surface area contributed by atoms with Crippen molar-refractivity contribution < 1.29 is 9.59 Å². The predicted molar refractivity (Wildman–Crippen MR) is 92.4 cm³/mol. The zero-order chi connectivity index (χ0) is 17.8. The number of benzene rings is 1. The van der Waals surface area contributed by atoms with E-state index >= 15 is 0 Å². The minimum absolute atomic E-state index is 0.185. The first kappa shape index (κ1) is 17.1. The Morgan fingerprint density at radius 2 is 2.04 bits per heavy atom. The van der Waals surface area contributed by atoms with Gasteiger partial charge in [0.15, 0.2) is 5.82 Å². The standard InChI is InChI=1S/C17H22N6O2/c1-11(24)18-15(12-6-3-4-7-12)17(25)19-14-9-5-8-13(10-14)16-20-21-22-23(16)2/h5,8-10,12,15H,3-4,6-7H2,1-2H3,(H,18,24)(H,19,25). The molecule has 1 unspecified atom stereocenters. The summed E-state index contributed by atoms with van der Waals surface area (Å²) in [6.07, 6.45) is 4.12. The second-order valence-corrected chi connectivity index (χ2v) is 6.42. The SMILES string of the molecule is CC(=O)NC(C(=O)Nc1cccc(-c2nnnn2C)c1)C1CCCC1. The van der Waals surface area contributed by atoms with Crippen molar-refractivity contribution in [2.45, 2.75) is 38.6 Å². The predicted octanol–water partition coefficient (Wildman–Crippen LogP) is 1.51. The molecule has 1 heterocycles. The zero-order valence-corrected chi connectivity index (χ0v) is 14.4. The minimum Gasteiger partial charge on any atom is -0.344 e. The number of aryl methyl sites for hydroxylation is 1. The van der Waals surface area contributed by atoms with E-state index in [1.807, 2.05) is 24.3 Å². The third kappa shape index (κ3) is 4.01. The van der Waals surface area contributed by atoms with Crippen LogP contribution in [0.4, 0.5) is 5.69 Å². The second kappa shape index (κ2) is 7.42. The van der Waals surface area contributed by atoms with Gasteiger partial charge in [0.1, 0.15) is 6.04 Å². The molecule has 8 nitrogen and oxygen atoms in total. The number of amides is 2. The van der Waals surface area contributed by atoms with E-state index < -0.39 is 6.04 Å². The van der Waals surface area contributed by atoms with Gasteiger partial charge in [-0.05, 0) is 41.3 Å². The van der Waals surface area contributed by atoms with Crippen molar-refractivity contribution in [1.82, 2.24) is 25.5 Å². The maximum atomic E-state index is 12.7. The van der Waals surface area contributed by atoms with E-state index in [2.05, 4.69) is 26.2 Å². The summed E-state index contributed by atoms with van der Waals surface area (Å²) in [5.74, 6) is 0.432. The van der Waals surface area contributed by atoms with Crippen molar-refractivity contribution in [3.05, 3.63) is 24.3 Å². The lowest BCUT2D eigenvalue weighted by Gasteiger charge is -2.23. The van der Waals surface area contributed by atoms with Gasteiger partial charge in [0, 0.05) is 25.2 Å². The van der Waals surface area contributed by atoms with Gasteiger partial charge in [0.05, 0.1) is 0 Å². The lowest BCUT2D eigenvalue weighted by Crippen LogP contribution is -2.47. The van der Waals surface area contributed by atoms with Crippen molar-refractivity contribution in [1.29, 1.82) is 0 Å². The van der Waals surface area contributed by atoms with Crippen LogP contribution in [0.25, 0.3) is 11.4 Å². The first-order chi connectivity index (χ1) is 12.0. The van der Waals surface area contributed by atoms with Crippen LogP contribution in [0.1, 0.15) is 32.6 Å². The first-order valence-electron chi connectivity index (χ1n) is 8.45. The normalized spacial score (nSPS) is 15.8. The van der Waals surface area contributed by atoms with Crippen LogP contribution < -0.4 is 10.6 Å². The van der Waals surface area contributed by atoms with Gasteiger partial charge in [0.2, 0.25) is 11.8 Å². The van der Waals surface area contributed by atoms with Crippen molar-refractivity contribution in [2.24, 2.45) is 13.0 Å². The number of rotatable bonds is 5. The van der Waals surface area contributed by atoms with E-state index in [1.54, 1.807) is 11.7 Å². The zero-order valence-electron chi connectivity index (χ0n) is 14.4. The van der Waals surface area contributed by atoms with Crippen LogP contribution >= 0.6 is 0 Å². The van der Waals surface area contributed by atoms with Crippen molar-refractivity contribution in [3.63, 3.8) is 0 Å². The van der Waals surface area contributed by atoms with Gasteiger partial charge in [-0.15, -0.1) is 5.10 Å². The fraction of sp³-hybridized carbons (Fsp3) is 0.471. The number of anilines is 1. The van der Waals surface area contributed by atoms with Gasteiger partial charge in [-0.2, -0.15) is 0 Å². The molecule has 132 valence electrons. The molecule has 0 radical (unpaired) electrons.